The molecule has 4 aliphatic rings. The summed E-state index contributed by atoms with van der Waals surface area (Å²) in [6, 6.07) is -0.587. The second-order valence-corrected chi connectivity index (χ2v) is 10.1. The summed E-state index contributed by atoms with van der Waals surface area (Å²) in [5.74, 6) is -3.94. The molecule has 1 spiro atoms. The number of nitrogens with zero attached hydrogens (tertiary/aromatic N) is 2. The molecule has 2 amide bonds. The van der Waals surface area contributed by atoms with Crippen molar-refractivity contribution in [3.8, 4) is 5.75 Å². The molecule has 0 bridgehead atoms. The molecule has 0 aromatic carbocycles. The topological polar surface area (TPSA) is 101 Å². The third-order valence-corrected chi connectivity index (χ3v) is 7.82. The lowest BCUT2D eigenvalue weighted by Gasteiger charge is -2.45. The highest BCUT2D eigenvalue weighted by molar-refractivity contribution is 6.32. The summed E-state index contributed by atoms with van der Waals surface area (Å²) in [6.45, 7) is 3.39. The average molecular weight is 496 g/mol. The number of halogens is 3. The van der Waals surface area contributed by atoms with Crippen molar-refractivity contribution in [3.05, 3.63) is 50.4 Å². The van der Waals surface area contributed by atoms with Crippen molar-refractivity contribution in [2.45, 2.75) is 57.3 Å². The van der Waals surface area contributed by atoms with Gasteiger partial charge >= 0.3 is 0 Å². The Labute approximate surface area is 198 Å². The Morgan fingerprint density at radius 1 is 1.38 bits per heavy atom. The van der Waals surface area contributed by atoms with Gasteiger partial charge in [-0.05, 0) is 38.7 Å². The molecule has 1 aromatic rings. The molecule has 1 saturated heterocycles. The lowest BCUT2D eigenvalue weighted by Crippen LogP contribution is -2.58. The zero-order chi connectivity index (χ0) is 24.6. The Kier molecular flexibility index (Phi) is 5.18. The van der Waals surface area contributed by atoms with Crippen molar-refractivity contribution < 1.29 is 28.2 Å². The number of rotatable bonds is 3. The Morgan fingerprint density at radius 3 is 2.85 bits per heavy atom. The predicted molar refractivity (Wildman–Crippen MR) is 118 cm³/mol. The maximum Gasteiger partial charge on any atom is 0.277 e. The lowest BCUT2D eigenvalue weighted by molar-refractivity contribution is -0.101. The van der Waals surface area contributed by atoms with Crippen LogP contribution in [0.3, 0.4) is 0 Å². The molecular formula is C23H24ClF2N3O5. The van der Waals surface area contributed by atoms with Crippen LogP contribution >= 0.6 is 11.6 Å². The van der Waals surface area contributed by atoms with Crippen LogP contribution < -0.4 is 10.7 Å². The van der Waals surface area contributed by atoms with Gasteiger partial charge in [0.15, 0.2) is 17.2 Å². The third kappa shape index (κ3) is 3.00. The zero-order valence-corrected chi connectivity index (χ0v) is 19.4. The van der Waals surface area contributed by atoms with E-state index in [0.717, 1.165) is 12.5 Å². The second-order valence-electron chi connectivity index (χ2n) is 9.69. The molecule has 2 aliphatic heterocycles. The number of aromatic nitrogens is 1. The normalized spacial score (nSPS) is 32.3. The van der Waals surface area contributed by atoms with Crippen molar-refractivity contribution in [2.75, 3.05) is 13.2 Å². The van der Waals surface area contributed by atoms with Crippen molar-refractivity contribution in [3.63, 3.8) is 0 Å². The standard InChI is InChI=1S/C23H24ClF2N3O5/c1-11-9-34-23-6-3-4-14(23)28-8-12(17(30)18(31)16(28)21(33)29(11)23)20(32)27-10-22(2)7-5-13(25)15(24)19(22)26/h5,8,11,14,31H,3-4,6-7,9-10H2,1-2H3,(H,27,32)/t11?,14?,22?,23-/m1/s1. The second kappa shape index (κ2) is 7.64. The van der Waals surface area contributed by atoms with Gasteiger partial charge in [0.25, 0.3) is 11.8 Å². The van der Waals surface area contributed by atoms with Crippen LogP contribution in [0.2, 0.25) is 0 Å². The van der Waals surface area contributed by atoms with Gasteiger partial charge in [-0.3, -0.25) is 14.4 Å². The Morgan fingerprint density at radius 2 is 2.12 bits per heavy atom. The Bertz CT molecular complexity index is 1240. The van der Waals surface area contributed by atoms with Crippen LogP contribution in [0.15, 0.2) is 33.8 Å². The fourth-order valence-electron chi connectivity index (χ4n) is 5.64. The molecule has 11 heteroatoms. The van der Waals surface area contributed by atoms with E-state index in [1.165, 1.54) is 17.7 Å². The molecule has 3 unspecified atom stereocenters. The quantitative estimate of drug-likeness (QED) is 0.670. The summed E-state index contributed by atoms with van der Waals surface area (Å²) in [6.07, 6.45) is 4.38. The van der Waals surface area contributed by atoms with Gasteiger partial charge in [0.2, 0.25) is 5.43 Å². The highest BCUT2D eigenvalue weighted by Gasteiger charge is 2.60. The number of nitrogens with one attached hydrogen (secondary N) is 1. The molecule has 1 saturated carbocycles. The molecule has 0 radical (unpaired) electrons. The van der Waals surface area contributed by atoms with E-state index >= 15 is 0 Å². The van der Waals surface area contributed by atoms with E-state index in [-0.39, 0.29) is 36.3 Å². The molecule has 3 heterocycles. The van der Waals surface area contributed by atoms with Gasteiger partial charge in [-0.25, -0.2) is 8.78 Å². The molecule has 34 heavy (non-hydrogen) atoms. The van der Waals surface area contributed by atoms with Crippen LogP contribution in [-0.2, 0) is 4.74 Å². The highest BCUT2D eigenvalue weighted by Crippen LogP contribution is 2.52. The first-order valence-electron chi connectivity index (χ1n) is 11.2. The number of pyridine rings is 1. The number of carbonyl (C=O) groups is 2. The highest BCUT2D eigenvalue weighted by atomic mass is 35.5. The van der Waals surface area contributed by atoms with Gasteiger partial charge in [0.05, 0.1) is 18.7 Å². The monoisotopic (exact) mass is 495 g/mol. The smallest absolute Gasteiger partial charge is 0.277 e. The van der Waals surface area contributed by atoms with E-state index in [0.29, 0.717) is 19.4 Å². The van der Waals surface area contributed by atoms with Crippen LogP contribution in [0, 0.1) is 5.41 Å². The van der Waals surface area contributed by atoms with E-state index in [4.69, 9.17) is 16.3 Å². The first kappa shape index (κ1) is 23.0. The summed E-state index contributed by atoms with van der Waals surface area (Å²) in [4.78, 5) is 40.8. The van der Waals surface area contributed by atoms with Crippen LogP contribution in [0.4, 0.5) is 8.78 Å². The van der Waals surface area contributed by atoms with E-state index in [1.807, 2.05) is 6.92 Å². The number of aromatic hydroxyl groups is 1. The third-order valence-electron chi connectivity index (χ3n) is 7.47. The van der Waals surface area contributed by atoms with Crippen molar-refractivity contribution in [1.29, 1.82) is 0 Å². The minimum atomic E-state index is -1.30. The van der Waals surface area contributed by atoms with Gasteiger partial charge in [-0.15, -0.1) is 0 Å². The summed E-state index contributed by atoms with van der Waals surface area (Å²) >= 11 is 5.69. The number of allylic oxidation sites excluding steroid dienone is 3. The first-order valence-corrected chi connectivity index (χ1v) is 11.6. The van der Waals surface area contributed by atoms with Crippen molar-refractivity contribution in [2.24, 2.45) is 5.41 Å². The molecular weight excluding hydrogens is 472 g/mol. The minimum Gasteiger partial charge on any atom is -0.503 e. The van der Waals surface area contributed by atoms with Crippen molar-refractivity contribution in [1.82, 2.24) is 14.8 Å². The maximum atomic E-state index is 14.6. The predicted octanol–water partition coefficient (Wildman–Crippen LogP) is 3.26. The fraction of sp³-hybridized carbons (Fsp3) is 0.522. The van der Waals surface area contributed by atoms with Gasteiger partial charge < -0.3 is 24.6 Å². The molecule has 2 fully saturated rings. The SMILES string of the molecule is CC1CO[C@]23CCCC2n2cc(C(=O)NCC4(C)CC=C(F)C(Cl)=C4F)c(=O)c(O)c2C(=O)N13. The molecule has 8 nitrogen and oxygen atoms in total. The fourth-order valence-corrected chi connectivity index (χ4v) is 5.94. The molecule has 1 aromatic heterocycles. The molecule has 5 rings (SSSR count). The average Bonchev–Trinajstić information content (AvgIpc) is 3.39. The minimum absolute atomic E-state index is 0.0416. The number of carbonyl (C=O) groups excluding carboxylic acids is 2. The number of hydrogen-bond acceptors (Lipinski definition) is 5. The zero-order valence-electron chi connectivity index (χ0n) is 18.7. The van der Waals surface area contributed by atoms with Crippen LogP contribution in [0.1, 0.15) is 66.4 Å². The summed E-state index contributed by atoms with van der Waals surface area (Å²) in [5.41, 5.74) is -3.72. The van der Waals surface area contributed by atoms with E-state index in [1.54, 1.807) is 4.90 Å². The van der Waals surface area contributed by atoms with Crippen LogP contribution in [0.25, 0.3) is 0 Å². The van der Waals surface area contributed by atoms with Gasteiger partial charge in [0, 0.05) is 18.2 Å². The number of hydrogen-bond donors (Lipinski definition) is 2. The number of fused-ring (bicyclic) bond motifs is 2. The molecule has 4 atom stereocenters. The van der Waals surface area contributed by atoms with Gasteiger partial charge in [-0.1, -0.05) is 18.5 Å². The molecule has 182 valence electrons. The lowest BCUT2D eigenvalue weighted by atomic mass is 9.82. The largest absolute Gasteiger partial charge is 0.503 e. The summed E-state index contributed by atoms with van der Waals surface area (Å²) in [5, 5.41) is 12.6. The summed E-state index contributed by atoms with van der Waals surface area (Å²) < 4.78 is 35.7. The maximum absolute atomic E-state index is 14.6. The number of ether oxygens (including phenoxy) is 1. The summed E-state index contributed by atoms with van der Waals surface area (Å²) in [7, 11) is 0. The Hall–Kier alpha value is -2.72. The first-order chi connectivity index (χ1) is 16.0. The van der Waals surface area contributed by atoms with E-state index in [9.17, 15) is 28.3 Å². The van der Waals surface area contributed by atoms with Gasteiger partial charge in [-0.2, -0.15) is 0 Å². The van der Waals surface area contributed by atoms with Gasteiger partial charge in [0.1, 0.15) is 22.2 Å². The van der Waals surface area contributed by atoms with E-state index < -0.39 is 50.8 Å². The van der Waals surface area contributed by atoms with Crippen LogP contribution in [0.5, 0.6) is 5.75 Å². The van der Waals surface area contributed by atoms with Crippen LogP contribution in [-0.4, -0.2) is 51.3 Å². The molecule has 2 aliphatic carbocycles. The Balaban J connectivity index is 1.49. The van der Waals surface area contributed by atoms with E-state index in [2.05, 4.69) is 5.32 Å². The molecule has 2 N–H and O–H groups in total. The number of amides is 2. The van der Waals surface area contributed by atoms with Crippen molar-refractivity contribution >= 4 is 23.4 Å².